The molecule has 4 heterocycles. The lowest BCUT2D eigenvalue weighted by Crippen LogP contribution is -2.83. The van der Waals surface area contributed by atoms with E-state index in [1.54, 1.807) is 0 Å². The van der Waals surface area contributed by atoms with E-state index in [4.69, 9.17) is 14.9 Å². The molecule has 6 rings (SSSR count). The molecule has 42 heavy (non-hydrogen) atoms. The van der Waals surface area contributed by atoms with Crippen LogP contribution in [0.3, 0.4) is 0 Å². The number of aryl methyl sites for hydroxylation is 1. The van der Waals surface area contributed by atoms with Gasteiger partial charge in [-0.15, -0.1) is 11.3 Å². The van der Waals surface area contributed by atoms with Crippen molar-refractivity contribution in [3.8, 4) is 0 Å². The number of benzene rings is 1. The number of carbonyl (C=O) groups excluding carboxylic acids is 2. The Bertz CT molecular complexity index is 1230. The van der Waals surface area contributed by atoms with E-state index in [1.165, 1.54) is 48.2 Å². The third kappa shape index (κ3) is 6.53. The first kappa shape index (κ1) is 30.9. The number of likely N-dealkylation sites (tertiary alicyclic amines) is 1. The highest BCUT2D eigenvalue weighted by Gasteiger charge is 2.56. The largest absolute Gasteiger partial charge is 0.542 e. The number of carboxylic acids is 1. The average molecular weight is 608 g/mol. The van der Waals surface area contributed by atoms with Gasteiger partial charge in [0.25, 0.3) is 0 Å². The summed E-state index contributed by atoms with van der Waals surface area (Å²) >= 11 is 1.87. The van der Waals surface area contributed by atoms with Crippen LogP contribution in [0.5, 0.6) is 0 Å². The predicted molar refractivity (Wildman–Crippen MR) is 150 cm³/mol. The third-order valence-electron chi connectivity index (χ3n) is 9.89. The topological polar surface area (TPSA) is 107 Å². The molecular formula is C31H42F3N4O3S+. The number of nitrogens with zero attached hydrogens (tertiary/aromatic N) is 2. The second kappa shape index (κ2) is 13.0. The summed E-state index contributed by atoms with van der Waals surface area (Å²) in [5.74, 6) is -1.21. The Hall–Kier alpha value is -2.50. The molecule has 0 unspecified atom stereocenters. The highest BCUT2D eigenvalue weighted by molar-refractivity contribution is 7.11. The minimum Gasteiger partial charge on any atom is -0.542 e. The predicted octanol–water partition coefficient (Wildman–Crippen LogP) is 2.00. The van der Waals surface area contributed by atoms with Crippen LogP contribution in [0.2, 0.25) is 0 Å². The number of amides is 1. The number of halogens is 3. The van der Waals surface area contributed by atoms with Gasteiger partial charge in [0.15, 0.2) is 0 Å². The van der Waals surface area contributed by atoms with Crippen LogP contribution in [0.25, 0.3) is 0 Å². The molecule has 4 aliphatic rings. The van der Waals surface area contributed by atoms with Gasteiger partial charge in [0, 0.05) is 23.9 Å². The number of nitrogens with two attached hydrogens (primary N) is 2. The minimum atomic E-state index is -5.19. The van der Waals surface area contributed by atoms with Crippen molar-refractivity contribution in [2.75, 3.05) is 26.2 Å². The molecule has 1 aliphatic carbocycles. The fourth-order valence-electron chi connectivity index (χ4n) is 7.91. The van der Waals surface area contributed by atoms with Crippen LogP contribution in [0.15, 0.2) is 30.3 Å². The minimum absolute atomic E-state index is 0.0290. The molecule has 1 amide bonds. The number of rotatable bonds is 3. The van der Waals surface area contributed by atoms with Crippen molar-refractivity contribution < 1.29 is 38.5 Å². The van der Waals surface area contributed by atoms with E-state index in [2.05, 4.69) is 52.8 Å². The molecule has 230 valence electrons. The van der Waals surface area contributed by atoms with Crippen LogP contribution in [0, 0.1) is 18.8 Å². The van der Waals surface area contributed by atoms with Crippen molar-refractivity contribution in [2.45, 2.75) is 88.4 Å². The van der Waals surface area contributed by atoms with Gasteiger partial charge in [-0.3, -0.25) is 4.79 Å². The number of aromatic nitrogens is 1. The van der Waals surface area contributed by atoms with Crippen LogP contribution in [-0.2, 0) is 21.5 Å². The van der Waals surface area contributed by atoms with Crippen molar-refractivity contribution in [1.82, 2.24) is 9.88 Å². The van der Waals surface area contributed by atoms with E-state index in [0.717, 1.165) is 57.0 Å². The first-order valence-electron chi connectivity index (χ1n) is 15.3. The number of piperidine rings is 1. The van der Waals surface area contributed by atoms with Crippen molar-refractivity contribution in [1.29, 1.82) is 0 Å². The Kier molecular flexibility index (Phi) is 9.59. The van der Waals surface area contributed by atoms with Crippen molar-refractivity contribution in [2.24, 2.45) is 11.8 Å². The van der Waals surface area contributed by atoms with Crippen LogP contribution >= 0.6 is 11.3 Å². The number of aliphatic carboxylic acids is 1. The van der Waals surface area contributed by atoms with Gasteiger partial charge in [-0.25, -0.2) is 4.98 Å². The normalized spacial score (nSPS) is 28.5. The Morgan fingerprint density at radius 2 is 1.81 bits per heavy atom. The summed E-state index contributed by atoms with van der Waals surface area (Å²) in [7, 11) is 0. The molecule has 1 aromatic carbocycles. The molecule has 3 fully saturated rings. The number of fused-ring (bicyclic) bond motifs is 2. The van der Waals surface area contributed by atoms with E-state index in [-0.39, 0.29) is 11.3 Å². The molecular weight excluding hydrogens is 565 g/mol. The Morgan fingerprint density at radius 1 is 1.10 bits per heavy atom. The van der Waals surface area contributed by atoms with Gasteiger partial charge in [0.2, 0.25) is 5.91 Å². The van der Waals surface area contributed by atoms with Gasteiger partial charge in [-0.05, 0) is 50.0 Å². The van der Waals surface area contributed by atoms with Crippen molar-refractivity contribution in [3.05, 3.63) is 51.5 Å². The Labute approximate surface area is 249 Å². The smallest absolute Gasteiger partial charge is 0.430 e. The zero-order valence-electron chi connectivity index (χ0n) is 24.2. The van der Waals surface area contributed by atoms with Crippen LogP contribution < -0.4 is 15.7 Å². The summed E-state index contributed by atoms with van der Waals surface area (Å²) in [6.07, 6.45) is 4.77. The van der Waals surface area contributed by atoms with Crippen LogP contribution in [-0.4, -0.2) is 60.2 Å². The lowest BCUT2D eigenvalue weighted by Gasteiger charge is -2.46. The highest BCUT2D eigenvalue weighted by Crippen LogP contribution is 2.45. The SMILES string of the molecule is Cc1nc2c(s1)[C@]1(CC[NH2+]C2)C[NH2+]C[C@H]1C(=O)N1CC[C@@H](c2ccccc2)C[C@H]1C1CCCCC1.O=C([O-])C(F)(F)F. The Balaban J connectivity index is 0.000000451. The summed E-state index contributed by atoms with van der Waals surface area (Å²) in [6, 6.07) is 11.5. The molecule has 3 aliphatic heterocycles. The summed E-state index contributed by atoms with van der Waals surface area (Å²) in [5.41, 5.74) is 2.69. The lowest BCUT2D eigenvalue weighted by molar-refractivity contribution is -0.672. The van der Waals surface area contributed by atoms with Crippen molar-refractivity contribution >= 4 is 23.2 Å². The van der Waals surface area contributed by atoms with E-state index < -0.39 is 12.1 Å². The molecule has 2 aromatic rings. The maximum Gasteiger partial charge on any atom is 0.430 e. The van der Waals surface area contributed by atoms with Gasteiger partial charge < -0.3 is 25.4 Å². The molecule has 2 saturated heterocycles. The monoisotopic (exact) mass is 607 g/mol. The molecule has 0 bridgehead atoms. The number of quaternary nitrogens is 2. The average Bonchev–Trinajstić information content (AvgIpc) is 3.54. The van der Waals surface area contributed by atoms with Crippen molar-refractivity contribution in [3.63, 3.8) is 0 Å². The third-order valence-corrected chi connectivity index (χ3v) is 11.1. The standard InChI is InChI=1S/C29H40N4OS.C2HF3O2/c1-20-32-25-18-30-14-13-29(27(25)35-20)19-31-17-24(29)28(34)33-15-12-23(21-8-4-2-5-9-21)16-26(33)22-10-6-3-7-11-22;3-2(4,5)1(6)7/h2,4-5,8-9,22-24,26,30-31H,3,6-7,10-19H2,1H3;(H,6,7)/p+1/t23-,24+,26+,29-;/m1./s1. The second-order valence-corrected chi connectivity index (χ2v) is 13.6. The summed E-state index contributed by atoms with van der Waals surface area (Å²) in [6.45, 7) is 7.10. The van der Waals surface area contributed by atoms with E-state index in [1.807, 2.05) is 11.3 Å². The number of hydrogen-bond acceptors (Lipinski definition) is 5. The fraction of sp³-hybridized carbons (Fsp3) is 0.645. The quantitative estimate of drug-likeness (QED) is 0.557. The number of thiazole rings is 1. The maximum absolute atomic E-state index is 14.6. The summed E-state index contributed by atoms with van der Waals surface area (Å²) in [5, 5.41) is 14.8. The molecule has 1 aromatic heterocycles. The fourth-order valence-corrected chi connectivity index (χ4v) is 9.14. The first-order chi connectivity index (χ1) is 20.1. The number of carbonyl (C=O) groups is 2. The van der Waals surface area contributed by atoms with Gasteiger partial charge in [-0.1, -0.05) is 49.6 Å². The maximum atomic E-state index is 14.6. The van der Waals surface area contributed by atoms with Crippen LogP contribution in [0.1, 0.15) is 78.4 Å². The first-order valence-corrected chi connectivity index (χ1v) is 16.2. The summed E-state index contributed by atoms with van der Waals surface area (Å²) in [4.78, 5) is 32.1. The number of carboxylic acid groups (broad SMARTS) is 1. The summed E-state index contributed by atoms with van der Waals surface area (Å²) < 4.78 is 31.5. The highest BCUT2D eigenvalue weighted by atomic mass is 32.1. The molecule has 0 radical (unpaired) electrons. The molecule has 1 saturated carbocycles. The van der Waals surface area contributed by atoms with Gasteiger partial charge in [0.05, 0.1) is 30.1 Å². The molecule has 7 nitrogen and oxygen atoms in total. The van der Waals surface area contributed by atoms with Gasteiger partial charge >= 0.3 is 6.18 Å². The van der Waals surface area contributed by atoms with Gasteiger partial charge in [-0.2, -0.15) is 13.2 Å². The van der Waals surface area contributed by atoms with E-state index >= 15 is 0 Å². The van der Waals surface area contributed by atoms with E-state index in [0.29, 0.717) is 23.8 Å². The Morgan fingerprint density at radius 3 is 2.50 bits per heavy atom. The zero-order chi connectivity index (χ0) is 29.9. The number of alkyl halides is 3. The molecule has 11 heteroatoms. The van der Waals surface area contributed by atoms with E-state index in [9.17, 15) is 18.0 Å². The number of hydrogen-bond donors (Lipinski definition) is 2. The lowest BCUT2D eigenvalue weighted by atomic mass is 9.71. The molecule has 1 spiro atoms. The van der Waals surface area contributed by atoms with Crippen LogP contribution in [0.4, 0.5) is 13.2 Å². The molecule has 4 N–H and O–H groups in total. The second-order valence-electron chi connectivity index (χ2n) is 12.4. The molecule has 4 atom stereocenters. The van der Waals surface area contributed by atoms with Gasteiger partial charge in [0.1, 0.15) is 24.1 Å². The zero-order valence-corrected chi connectivity index (χ0v) is 25.0.